The van der Waals surface area contributed by atoms with Crippen molar-refractivity contribution >= 4 is 23.2 Å². The third kappa shape index (κ3) is 2.39. The summed E-state index contributed by atoms with van der Waals surface area (Å²) in [7, 11) is 0. The summed E-state index contributed by atoms with van der Waals surface area (Å²) in [6, 6.07) is 0.487. The quantitative estimate of drug-likeness (QED) is 0.859. The minimum absolute atomic E-state index is 0.487. The van der Waals surface area contributed by atoms with Crippen LogP contribution in [0, 0.1) is 12.8 Å². The van der Waals surface area contributed by atoms with E-state index in [1.807, 2.05) is 6.92 Å². The van der Waals surface area contributed by atoms with Gasteiger partial charge in [0.1, 0.15) is 17.3 Å². The lowest BCUT2D eigenvalue weighted by Gasteiger charge is -2.28. The van der Waals surface area contributed by atoms with Gasteiger partial charge in [0.2, 0.25) is 0 Å². The summed E-state index contributed by atoms with van der Waals surface area (Å²) in [6.45, 7) is 4.28. The predicted octanol–water partition coefficient (Wildman–Crippen LogP) is 3.08. The fraction of sp³-hybridized carbons (Fsp3) is 0.615. The lowest BCUT2D eigenvalue weighted by Crippen LogP contribution is -2.27. The third-order valence-corrected chi connectivity index (χ3v) is 4.33. The number of hydrogen-bond donors (Lipinski definition) is 1. The molecule has 0 saturated heterocycles. The summed E-state index contributed by atoms with van der Waals surface area (Å²) >= 11 is 6.16. The normalized spacial score (nSPS) is 23.7. The summed E-state index contributed by atoms with van der Waals surface area (Å²) in [5.41, 5.74) is 0.929. The van der Waals surface area contributed by atoms with Gasteiger partial charge >= 0.3 is 0 Å². The Hall–Kier alpha value is -1.36. The van der Waals surface area contributed by atoms with E-state index in [0.717, 1.165) is 17.3 Å². The highest BCUT2D eigenvalue weighted by Gasteiger charge is 2.21. The second-order valence-corrected chi connectivity index (χ2v) is 5.81. The Balaban J connectivity index is 1.91. The molecule has 2 aromatic rings. The van der Waals surface area contributed by atoms with Crippen LogP contribution in [0.3, 0.4) is 0 Å². The lowest BCUT2D eigenvalue weighted by atomic mass is 9.87. The molecule has 0 spiro atoms. The Morgan fingerprint density at radius 3 is 2.79 bits per heavy atom. The standard InChI is InChI=1S/C13H18ClN5/c1-8-3-5-10(6-4-8)17-12-9(2)11(14)18-13-15-7-16-19(12)13/h7-8,10,17H,3-6H2,1-2H3. The molecule has 0 aromatic carbocycles. The van der Waals surface area contributed by atoms with Crippen molar-refractivity contribution in [2.45, 2.75) is 45.6 Å². The molecule has 0 atom stereocenters. The van der Waals surface area contributed by atoms with Gasteiger partial charge in [0, 0.05) is 11.6 Å². The average Bonchev–Trinajstić information content (AvgIpc) is 2.85. The van der Waals surface area contributed by atoms with Crippen LogP contribution in [-0.4, -0.2) is 25.6 Å². The Morgan fingerprint density at radius 2 is 2.05 bits per heavy atom. The molecule has 19 heavy (non-hydrogen) atoms. The first kappa shape index (κ1) is 12.7. The number of rotatable bonds is 2. The van der Waals surface area contributed by atoms with Gasteiger partial charge in [0.15, 0.2) is 0 Å². The maximum absolute atomic E-state index is 6.16. The molecule has 0 aliphatic heterocycles. The first-order valence-corrected chi connectivity index (χ1v) is 7.15. The van der Waals surface area contributed by atoms with Gasteiger partial charge in [-0.3, -0.25) is 0 Å². The molecular formula is C13H18ClN5. The first-order chi connectivity index (χ1) is 9.15. The molecule has 1 aliphatic carbocycles. The lowest BCUT2D eigenvalue weighted by molar-refractivity contribution is 0.360. The molecule has 6 heteroatoms. The van der Waals surface area contributed by atoms with Gasteiger partial charge in [0.05, 0.1) is 0 Å². The van der Waals surface area contributed by atoms with Crippen LogP contribution in [0.4, 0.5) is 5.82 Å². The number of nitrogens with one attached hydrogen (secondary N) is 1. The molecule has 1 N–H and O–H groups in total. The second-order valence-electron chi connectivity index (χ2n) is 5.45. The van der Waals surface area contributed by atoms with Crippen molar-refractivity contribution in [1.29, 1.82) is 0 Å². The van der Waals surface area contributed by atoms with Crippen LogP contribution in [0.25, 0.3) is 5.78 Å². The minimum atomic E-state index is 0.487. The summed E-state index contributed by atoms with van der Waals surface area (Å²) in [6.07, 6.45) is 6.44. The van der Waals surface area contributed by atoms with Crippen LogP contribution < -0.4 is 5.32 Å². The maximum Gasteiger partial charge on any atom is 0.255 e. The van der Waals surface area contributed by atoms with E-state index in [0.29, 0.717) is 17.0 Å². The molecule has 5 nitrogen and oxygen atoms in total. The van der Waals surface area contributed by atoms with Gasteiger partial charge in [-0.25, -0.2) is 0 Å². The fourth-order valence-corrected chi connectivity index (χ4v) is 2.83. The number of anilines is 1. The number of halogens is 1. The number of aromatic nitrogens is 4. The topological polar surface area (TPSA) is 55.1 Å². The number of nitrogens with zero attached hydrogens (tertiary/aromatic N) is 4. The van der Waals surface area contributed by atoms with Crippen molar-refractivity contribution in [2.24, 2.45) is 5.92 Å². The Labute approximate surface area is 117 Å². The molecule has 1 fully saturated rings. The van der Waals surface area contributed by atoms with Crippen molar-refractivity contribution in [3.8, 4) is 0 Å². The summed E-state index contributed by atoms with van der Waals surface area (Å²) in [4.78, 5) is 8.32. The van der Waals surface area contributed by atoms with E-state index in [2.05, 4.69) is 27.3 Å². The van der Waals surface area contributed by atoms with Crippen LogP contribution in [-0.2, 0) is 0 Å². The van der Waals surface area contributed by atoms with E-state index in [4.69, 9.17) is 11.6 Å². The van der Waals surface area contributed by atoms with Crippen molar-refractivity contribution in [1.82, 2.24) is 19.6 Å². The largest absolute Gasteiger partial charge is 0.367 e. The molecule has 1 saturated carbocycles. The van der Waals surface area contributed by atoms with E-state index in [9.17, 15) is 0 Å². The molecule has 2 aromatic heterocycles. The molecule has 0 unspecified atom stereocenters. The Bertz CT molecular complexity index is 586. The first-order valence-electron chi connectivity index (χ1n) is 6.77. The highest BCUT2D eigenvalue weighted by molar-refractivity contribution is 6.30. The van der Waals surface area contributed by atoms with E-state index < -0.39 is 0 Å². The van der Waals surface area contributed by atoms with Crippen molar-refractivity contribution in [3.05, 3.63) is 17.0 Å². The van der Waals surface area contributed by atoms with Crippen molar-refractivity contribution in [2.75, 3.05) is 5.32 Å². The molecule has 2 heterocycles. The summed E-state index contributed by atoms with van der Waals surface area (Å²) in [5.74, 6) is 2.31. The van der Waals surface area contributed by atoms with Gasteiger partial charge in [-0.15, -0.1) is 0 Å². The predicted molar refractivity (Wildman–Crippen MR) is 75.6 cm³/mol. The molecule has 102 valence electrons. The van der Waals surface area contributed by atoms with E-state index in [1.165, 1.54) is 32.0 Å². The van der Waals surface area contributed by atoms with Gasteiger partial charge in [0.25, 0.3) is 5.78 Å². The molecule has 0 radical (unpaired) electrons. The van der Waals surface area contributed by atoms with Gasteiger partial charge in [-0.2, -0.15) is 19.6 Å². The zero-order valence-corrected chi connectivity index (χ0v) is 12.0. The SMILES string of the molecule is Cc1c(Cl)nc2ncnn2c1NC1CCC(C)CC1. The minimum Gasteiger partial charge on any atom is -0.367 e. The smallest absolute Gasteiger partial charge is 0.255 e. The van der Waals surface area contributed by atoms with Gasteiger partial charge in [-0.05, 0) is 38.5 Å². The zero-order chi connectivity index (χ0) is 13.4. The van der Waals surface area contributed by atoms with Crippen LogP contribution in [0.5, 0.6) is 0 Å². The third-order valence-electron chi connectivity index (χ3n) is 3.96. The van der Waals surface area contributed by atoms with E-state index in [-0.39, 0.29) is 0 Å². The van der Waals surface area contributed by atoms with Crippen molar-refractivity contribution in [3.63, 3.8) is 0 Å². The van der Waals surface area contributed by atoms with Crippen molar-refractivity contribution < 1.29 is 0 Å². The molecule has 1 aliphatic rings. The molecular weight excluding hydrogens is 262 g/mol. The maximum atomic E-state index is 6.16. The highest BCUT2D eigenvalue weighted by atomic mass is 35.5. The molecule has 3 rings (SSSR count). The van der Waals surface area contributed by atoms with Crippen LogP contribution in [0.2, 0.25) is 5.15 Å². The van der Waals surface area contributed by atoms with E-state index in [1.54, 1.807) is 4.52 Å². The number of fused-ring (bicyclic) bond motifs is 1. The Morgan fingerprint density at radius 1 is 1.32 bits per heavy atom. The fourth-order valence-electron chi connectivity index (χ4n) is 2.66. The summed E-state index contributed by atoms with van der Waals surface area (Å²) in [5, 5.41) is 8.29. The number of hydrogen-bond acceptors (Lipinski definition) is 4. The Kier molecular flexibility index (Phi) is 3.31. The zero-order valence-electron chi connectivity index (χ0n) is 11.2. The van der Waals surface area contributed by atoms with Crippen LogP contribution in [0.15, 0.2) is 6.33 Å². The van der Waals surface area contributed by atoms with E-state index >= 15 is 0 Å². The van der Waals surface area contributed by atoms with Crippen LogP contribution in [0.1, 0.15) is 38.2 Å². The summed E-state index contributed by atoms with van der Waals surface area (Å²) < 4.78 is 1.74. The molecule has 0 amide bonds. The second kappa shape index (κ2) is 4.96. The highest BCUT2D eigenvalue weighted by Crippen LogP contribution is 2.28. The molecule has 0 bridgehead atoms. The monoisotopic (exact) mass is 279 g/mol. The average molecular weight is 280 g/mol. The van der Waals surface area contributed by atoms with Crippen LogP contribution >= 0.6 is 11.6 Å². The van der Waals surface area contributed by atoms with Gasteiger partial charge in [-0.1, -0.05) is 18.5 Å². The van der Waals surface area contributed by atoms with Gasteiger partial charge < -0.3 is 5.32 Å².